The number of sulfone groups is 1. The van der Waals surface area contributed by atoms with Crippen LogP contribution in [0.25, 0.3) is 11.1 Å². The van der Waals surface area contributed by atoms with Gasteiger partial charge >= 0.3 is 0 Å². The van der Waals surface area contributed by atoms with Crippen LogP contribution in [0.4, 0.5) is 0 Å². The molecule has 2 aliphatic rings. The number of unbranched alkanes of at least 4 members (excludes halogenated alkanes) is 2. The number of benzene rings is 1. The number of fused-ring (bicyclic) bond motifs is 1. The molecule has 0 saturated heterocycles. The van der Waals surface area contributed by atoms with Crippen LogP contribution < -0.4 is 0 Å². The van der Waals surface area contributed by atoms with E-state index >= 15 is 0 Å². The Morgan fingerprint density at radius 3 is 2.17 bits per heavy atom. The van der Waals surface area contributed by atoms with E-state index in [1.54, 1.807) is 0 Å². The quantitative estimate of drug-likeness (QED) is 0.359. The minimum absolute atomic E-state index is 0.228. The van der Waals surface area contributed by atoms with Gasteiger partial charge in [-0.15, -0.1) is 0 Å². The van der Waals surface area contributed by atoms with Gasteiger partial charge < -0.3 is 0 Å². The van der Waals surface area contributed by atoms with E-state index in [1.165, 1.54) is 16.7 Å². The summed E-state index contributed by atoms with van der Waals surface area (Å²) in [5, 5.41) is -0.616. The molecule has 0 N–H and O–H groups in total. The molecule has 0 radical (unpaired) electrons. The van der Waals surface area contributed by atoms with E-state index in [2.05, 4.69) is 58.9 Å². The second kappa shape index (κ2) is 9.34. The van der Waals surface area contributed by atoms with E-state index in [0.29, 0.717) is 12.3 Å². The third kappa shape index (κ3) is 4.62. The maximum atomic E-state index is 13.6. The lowest BCUT2D eigenvalue weighted by atomic mass is 10.0. The maximum Gasteiger partial charge on any atom is 0.161 e. The highest BCUT2D eigenvalue weighted by atomic mass is 32.2. The summed E-state index contributed by atoms with van der Waals surface area (Å²) >= 11 is 0. The first-order chi connectivity index (χ1) is 14.3. The number of hydrogen-bond donors (Lipinski definition) is 0. The molecule has 0 spiro atoms. The topological polar surface area (TPSA) is 34.1 Å². The molecule has 0 bridgehead atoms. The fourth-order valence-corrected chi connectivity index (χ4v) is 6.29. The standard InChI is InChI=1S/C27H34O2S/c1-6-7-11-16-30(28,29)27(22-12-9-8-10-13-22)26-18-24-20(4)14-15-23(19(2)3)17-25(24)21(26)5/h8-10,12-15,17-19,27H,6-7,11,16H2,1-5H3. The molecular formula is C27H34O2S. The predicted molar refractivity (Wildman–Crippen MR) is 128 cm³/mol. The monoisotopic (exact) mass is 422 g/mol. The molecule has 0 aromatic heterocycles. The van der Waals surface area contributed by atoms with Gasteiger partial charge in [0.1, 0.15) is 5.25 Å². The molecule has 0 heterocycles. The molecule has 0 amide bonds. The molecular weight excluding hydrogens is 388 g/mol. The summed E-state index contributed by atoms with van der Waals surface area (Å²) in [6.45, 7) is 10.7. The van der Waals surface area contributed by atoms with Gasteiger partial charge in [0, 0.05) is 0 Å². The van der Waals surface area contributed by atoms with Crippen molar-refractivity contribution in [1.82, 2.24) is 0 Å². The van der Waals surface area contributed by atoms with Crippen molar-refractivity contribution in [3.05, 3.63) is 82.4 Å². The first-order valence-corrected chi connectivity index (χ1v) is 12.8. The van der Waals surface area contributed by atoms with Crippen LogP contribution in [-0.4, -0.2) is 14.2 Å². The molecule has 0 fully saturated rings. The molecule has 0 saturated carbocycles. The molecule has 1 atom stereocenters. The van der Waals surface area contributed by atoms with E-state index in [1.807, 2.05) is 30.3 Å². The highest BCUT2D eigenvalue weighted by Gasteiger charge is 2.32. The lowest BCUT2D eigenvalue weighted by Gasteiger charge is -2.19. The molecule has 3 heteroatoms. The van der Waals surface area contributed by atoms with Gasteiger partial charge in [-0.2, -0.15) is 0 Å². The summed E-state index contributed by atoms with van der Waals surface area (Å²) in [6, 6.07) is 18.4. The zero-order valence-corrected chi connectivity index (χ0v) is 19.7. The van der Waals surface area contributed by atoms with Crippen LogP contribution in [0, 0.1) is 13.8 Å². The lowest BCUT2D eigenvalue weighted by molar-refractivity contribution is 0.584. The predicted octanol–water partition coefficient (Wildman–Crippen LogP) is 7.23. The zero-order valence-electron chi connectivity index (χ0n) is 18.9. The summed E-state index contributed by atoms with van der Waals surface area (Å²) in [6.07, 6.45) is 2.67. The number of rotatable bonds is 8. The molecule has 1 unspecified atom stereocenters. The summed E-state index contributed by atoms with van der Waals surface area (Å²) in [5.41, 5.74) is 7.64. The average molecular weight is 423 g/mol. The molecule has 2 nitrogen and oxygen atoms in total. The van der Waals surface area contributed by atoms with Gasteiger partial charge in [0.05, 0.1) is 5.75 Å². The third-order valence-corrected chi connectivity index (χ3v) is 8.23. The van der Waals surface area contributed by atoms with Gasteiger partial charge in [-0.25, -0.2) is 8.42 Å². The Labute approximate surface area is 182 Å². The van der Waals surface area contributed by atoms with Crippen molar-refractivity contribution in [3.8, 4) is 11.1 Å². The summed E-state index contributed by atoms with van der Waals surface area (Å²) in [4.78, 5) is 0. The van der Waals surface area contributed by atoms with Crippen molar-refractivity contribution in [1.29, 1.82) is 0 Å². The Hall–Kier alpha value is -2.13. The first-order valence-electron chi connectivity index (χ1n) is 11.1. The minimum Gasteiger partial charge on any atom is -0.228 e. The van der Waals surface area contributed by atoms with Crippen molar-refractivity contribution in [2.45, 2.75) is 65.0 Å². The first kappa shape index (κ1) is 22.6. The van der Waals surface area contributed by atoms with Crippen LogP contribution in [0.5, 0.6) is 0 Å². The molecule has 2 aliphatic carbocycles. The average Bonchev–Trinajstić information content (AvgIpc) is 2.91. The summed E-state index contributed by atoms with van der Waals surface area (Å²) in [7, 11) is -3.33. The Bertz CT molecular complexity index is 1070. The smallest absolute Gasteiger partial charge is 0.161 e. The second-order valence-electron chi connectivity index (χ2n) is 8.73. The SMILES string of the molecule is CCCCCS(=O)(=O)C(c1ccccc1)c1cc2c(C)ccc(C(C)C)cc-2c1C. The van der Waals surface area contributed by atoms with E-state index in [0.717, 1.165) is 35.1 Å². The summed E-state index contributed by atoms with van der Waals surface area (Å²) < 4.78 is 27.1. The Morgan fingerprint density at radius 2 is 1.53 bits per heavy atom. The van der Waals surface area contributed by atoms with E-state index in [4.69, 9.17) is 0 Å². The lowest BCUT2D eigenvalue weighted by Crippen LogP contribution is -2.18. The third-order valence-electron chi connectivity index (χ3n) is 6.13. The number of hydrogen-bond acceptors (Lipinski definition) is 2. The van der Waals surface area contributed by atoms with Crippen LogP contribution >= 0.6 is 0 Å². The molecule has 1 aromatic rings. The molecule has 0 aliphatic heterocycles. The highest BCUT2D eigenvalue weighted by molar-refractivity contribution is 7.91. The van der Waals surface area contributed by atoms with Gasteiger partial charge in [0.2, 0.25) is 0 Å². The highest BCUT2D eigenvalue weighted by Crippen LogP contribution is 2.42. The second-order valence-corrected chi connectivity index (χ2v) is 10.9. The van der Waals surface area contributed by atoms with Gasteiger partial charge in [-0.05, 0) is 71.2 Å². The fourth-order valence-electron chi connectivity index (χ4n) is 4.25. The van der Waals surface area contributed by atoms with Gasteiger partial charge in [0.15, 0.2) is 9.84 Å². The summed E-state index contributed by atoms with van der Waals surface area (Å²) in [5.74, 6) is 0.645. The molecule has 30 heavy (non-hydrogen) atoms. The van der Waals surface area contributed by atoms with Crippen LogP contribution in [0.2, 0.25) is 0 Å². The van der Waals surface area contributed by atoms with Crippen LogP contribution in [0.1, 0.15) is 79.0 Å². The largest absolute Gasteiger partial charge is 0.228 e. The molecule has 3 rings (SSSR count). The van der Waals surface area contributed by atoms with Crippen LogP contribution in [0.3, 0.4) is 0 Å². The maximum absolute atomic E-state index is 13.6. The van der Waals surface area contributed by atoms with Crippen molar-refractivity contribution in [2.75, 3.05) is 5.75 Å². The Kier molecular flexibility index (Phi) is 7.02. The van der Waals surface area contributed by atoms with Gasteiger partial charge in [0.25, 0.3) is 0 Å². The van der Waals surface area contributed by atoms with Crippen molar-refractivity contribution in [3.63, 3.8) is 0 Å². The van der Waals surface area contributed by atoms with Gasteiger partial charge in [-0.3, -0.25) is 0 Å². The molecule has 1 aromatic carbocycles. The van der Waals surface area contributed by atoms with Crippen molar-refractivity contribution < 1.29 is 8.42 Å². The van der Waals surface area contributed by atoms with Crippen LogP contribution in [0.15, 0.2) is 54.6 Å². The van der Waals surface area contributed by atoms with Gasteiger partial charge in [-0.1, -0.05) is 82.1 Å². The number of aryl methyl sites for hydroxylation is 1. The van der Waals surface area contributed by atoms with E-state index in [9.17, 15) is 8.42 Å². The molecule has 160 valence electrons. The minimum atomic E-state index is -3.33. The normalized spacial score (nSPS) is 13.1. The Balaban J connectivity index is 2.22. The zero-order chi connectivity index (χ0) is 21.9. The Morgan fingerprint density at radius 1 is 0.833 bits per heavy atom. The van der Waals surface area contributed by atoms with Crippen molar-refractivity contribution >= 4 is 9.84 Å². The van der Waals surface area contributed by atoms with Crippen LogP contribution in [-0.2, 0) is 9.84 Å². The van der Waals surface area contributed by atoms with Crippen molar-refractivity contribution in [2.24, 2.45) is 0 Å². The van der Waals surface area contributed by atoms with E-state index < -0.39 is 15.1 Å². The van der Waals surface area contributed by atoms with E-state index in [-0.39, 0.29) is 5.75 Å². The fraction of sp³-hybridized carbons (Fsp3) is 0.407.